The van der Waals surface area contributed by atoms with Gasteiger partial charge in [0.2, 0.25) is 11.2 Å². The number of benzene rings is 2. The Morgan fingerprint density at radius 3 is 2.10 bits per heavy atom. The molecule has 3 aromatic rings. The third-order valence-electron chi connectivity index (χ3n) is 6.60. The van der Waals surface area contributed by atoms with Crippen LogP contribution in [0.25, 0.3) is 16.1 Å². The van der Waals surface area contributed by atoms with E-state index >= 15 is 0 Å². The van der Waals surface area contributed by atoms with Crippen LogP contribution in [0.5, 0.6) is 0 Å². The number of nitriles is 1. The summed E-state index contributed by atoms with van der Waals surface area (Å²) in [7, 11) is 0. The van der Waals surface area contributed by atoms with E-state index in [9.17, 15) is 26.3 Å². The number of rotatable bonds is 3. The summed E-state index contributed by atoms with van der Waals surface area (Å²) in [5.74, 6) is 1.40. The average Bonchev–Trinajstić information content (AvgIpc) is 3.38. The quantitative estimate of drug-likeness (QED) is 0.0720. The van der Waals surface area contributed by atoms with Crippen LogP contribution in [0.2, 0.25) is 10.0 Å². The second-order valence-electron chi connectivity index (χ2n) is 10.1. The minimum Gasteiger partial charge on any atom is -0.361 e. The zero-order chi connectivity index (χ0) is 36.6. The first-order valence-electron chi connectivity index (χ1n) is 14.5. The number of nitrogens with zero attached hydrogens (tertiary/aromatic N) is 5. The van der Waals surface area contributed by atoms with Crippen LogP contribution in [-0.4, -0.2) is 52.2 Å². The molecule has 1 aromatic heterocycles. The summed E-state index contributed by atoms with van der Waals surface area (Å²) in [5.41, 5.74) is -2.39. The molecule has 2 aromatic carbocycles. The first kappa shape index (κ1) is 41.5. The molecule has 2 aliphatic rings. The molecule has 1 N–H and O–H groups in total. The number of nitrogens with one attached hydrogen (secondary N) is 1. The van der Waals surface area contributed by atoms with Crippen molar-refractivity contribution < 1.29 is 26.3 Å². The molecule has 6 nitrogen and oxygen atoms in total. The SMILES string of the molecule is C1CCC2=NCCCN2CC1.C=CC#N.FC(F)(F)C(Cl)N=C(Cl)c1ccc(Cl)cc1.[C-]#[N+]c1cc(C(F)(F)F)[nH]c1-c1ccc(Cl)cc1. The van der Waals surface area contributed by atoms with Gasteiger partial charge in [0.05, 0.1) is 24.2 Å². The standard InChI is InChI=1S/C12H6ClF3N2.C9H5Cl3F3N.C9H16N2.C3H3N/c1-17-9-6-10(12(14,15)16)18-11(9)7-2-4-8(13)5-3-7;10-6-3-1-5(2-4-6)7(11)16-8(12)9(13,14)15;1-2-5-9-10-6-4-8-11(9)7-3-1;1-2-3-4/h2-6,18H;1-4,8H;1-8H2;2H,1H2. The smallest absolute Gasteiger partial charge is 0.361 e. The van der Waals surface area contributed by atoms with Crippen LogP contribution >= 0.6 is 46.4 Å². The van der Waals surface area contributed by atoms with E-state index < -0.39 is 23.5 Å². The van der Waals surface area contributed by atoms with E-state index in [0.717, 1.165) is 12.6 Å². The van der Waals surface area contributed by atoms with E-state index in [2.05, 4.69) is 31.3 Å². The Kier molecular flexibility index (Phi) is 17.0. The molecule has 0 amide bonds. The molecule has 3 heterocycles. The highest BCUT2D eigenvalue weighted by Crippen LogP contribution is 2.38. The number of hydrogen-bond donors (Lipinski definition) is 1. The van der Waals surface area contributed by atoms with Crippen LogP contribution < -0.4 is 0 Å². The van der Waals surface area contributed by atoms with E-state index in [-0.39, 0.29) is 16.6 Å². The zero-order valence-electron chi connectivity index (χ0n) is 25.7. The summed E-state index contributed by atoms with van der Waals surface area (Å²) >= 11 is 21.9. The van der Waals surface area contributed by atoms with Gasteiger partial charge in [-0.3, -0.25) is 4.99 Å². The van der Waals surface area contributed by atoms with Gasteiger partial charge in [0, 0.05) is 47.7 Å². The van der Waals surface area contributed by atoms with Crippen LogP contribution in [-0.2, 0) is 6.18 Å². The van der Waals surface area contributed by atoms with Gasteiger partial charge in [-0.05, 0) is 55.2 Å². The summed E-state index contributed by atoms with van der Waals surface area (Å²) < 4.78 is 73.8. The molecule has 16 heteroatoms. The molecule has 0 radical (unpaired) electrons. The summed E-state index contributed by atoms with van der Waals surface area (Å²) in [6.07, 6.45) is -1.30. The molecule has 0 spiro atoms. The number of aliphatic imine (C=N–C) groups is 2. The second kappa shape index (κ2) is 20.1. The molecule has 0 aliphatic carbocycles. The number of fused-ring (bicyclic) bond motifs is 1. The Balaban J connectivity index is 0.000000247. The highest BCUT2D eigenvalue weighted by molar-refractivity contribution is 6.69. The van der Waals surface area contributed by atoms with E-state index in [1.54, 1.807) is 30.3 Å². The molecule has 1 fully saturated rings. The molecule has 1 unspecified atom stereocenters. The first-order valence-corrected chi connectivity index (χ1v) is 16.1. The molecule has 5 rings (SSSR count). The van der Waals surface area contributed by atoms with Crippen LogP contribution in [0, 0.1) is 17.9 Å². The van der Waals surface area contributed by atoms with Crippen molar-refractivity contribution in [3.8, 4) is 17.3 Å². The van der Waals surface area contributed by atoms with E-state index in [1.165, 1.54) is 81.4 Å². The molecular formula is C33H30Cl4F6N6. The number of hydrogen-bond acceptors (Lipinski definition) is 4. The lowest BCUT2D eigenvalue weighted by Crippen LogP contribution is -2.34. The third kappa shape index (κ3) is 14.4. The highest BCUT2D eigenvalue weighted by Gasteiger charge is 2.38. The van der Waals surface area contributed by atoms with Gasteiger partial charge in [0.1, 0.15) is 10.9 Å². The predicted octanol–water partition coefficient (Wildman–Crippen LogP) is 11.7. The lowest BCUT2D eigenvalue weighted by atomic mass is 10.1. The van der Waals surface area contributed by atoms with Gasteiger partial charge < -0.3 is 9.88 Å². The largest absolute Gasteiger partial charge is 0.429 e. The van der Waals surface area contributed by atoms with Crippen LogP contribution in [0.1, 0.15) is 43.4 Å². The number of alkyl halides is 7. The van der Waals surface area contributed by atoms with Crippen molar-refractivity contribution in [3.63, 3.8) is 0 Å². The number of halogens is 10. The van der Waals surface area contributed by atoms with Gasteiger partial charge in [-0.1, -0.05) is 83.7 Å². The number of amidine groups is 1. The van der Waals surface area contributed by atoms with Crippen molar-refractivity contribution in [3.05, 3.63) is 100.0 Å². The molecule has 1 atom stereocenters. The van der Waals surface area contributed by atoms with Gasteiger partial charge in [0.25, 0.3) is 0 Å². The van der Waals surface area contributed by atoms with Crippen LogP contribution in [0.15, 0.2) is 77.2 Å². The maximum Gasteiger partial charge on any atom is 0.429 e. The molecule has 262 valence electrons. The molecular weight excluding hydrogens is 736 g/mol. The fourth-order valence-corrected chi connectivity index (χ4v) is 4.92. The van der Waals surface area contributed by atoms with Gasteiger partial charge >= 0.3 is 12.4 Å². The Hall–Kier alpha value is -3.68. The maximum atomic E-state index is 12.5. The Morgan fingerprint density at radius 2 is 1.57 bits per heavy atom. The molecule has 0 saturated carbocycles. The maximum absolute atomic E-state index is 12.5. The summed E-state index contributed by atoms with van der Waals surface area (Å²) in [5, 5.41) is 8.12. The Bertz CT molecular complexity index is 1640. The summed E-state index contributed by atoms with van der Waals surface area (Å²) in [6, 6.07) is 14.6. The topological polar surface area (TPSA) is 71.9 Å². The molecule has 0 bridgehead atoms. The fourth-order valence-electron chi connectivity index (χ4n) is 4.30. The lowest BCUT2D eigenvalue weighted by Gasteiger charge is -2.27. The minimum absolute atomic E-state index is 0.0651. The number of H-pyrrole nitrogens is 1. The second-order valence-corrected chi connectivity index (χ2v) is 11.8. The number of aromatic amines is 1. The van der Waals surface area contributed by atoms with Gasteiger partial charge in [-0.25, -0.2) is 9.84 Å². The third-order valence-corrected chi connectivity index (χ3v) is 7.76. The van der Waals surface area contributed by atoms with Crippen molar-refractivity contribution in [1.82, 2.24) is 9.88 Å². The monoisotopic (exact) mass is 764 g/mol. The molecule has 1 saturated heterocycles. The predicted molar refractivity (Wildman–Crippen MR) is 185 cm³/mol. The van der Waals surface area contributed by atoms with Gasteiger partial charge in [0.15, 0.2) is 0 Å². The summed E-state index contributed by atoms with van der Waals surface area (Å²) in [6.45, 7) is 13.6. The minimum atomic E-state index is -4.62. The van der Waals surface area contributed by atoms with Crippen molar-refractivity contribution in [1.29, 1.82) is 5.26 Å². The highest BCUT2D eigenvalue weighted by atomic mass is 35.5. The zero-order valence-corrected chi connectivity index (χ0v) is 28.8. The van der Waals surface area contributed by atoms with Crippen molar-refractivity contribution in [2.75, 3.05) is 19.6 Å². The Labute approximate surface area is 300 Å². The van der Waals surface area contributed by atoms with Gasteiger partial charge in [-0.15, -0.1) is 0 Å². The van der Waals surface area contributed by atoms with Crippen LogP contribution in [0.4, 0.5) is 32.0 Å². The Morgan fingerprint density at radius 1 is 1.00 bits per heavy atom. The molecule has 2 aliphatic heterocycles. The normalized spacial score (nSPS) is 15.1. The average molecular weight is 766 g/mol. The lowest BCUT2D eigenvalue weighted by molar-refractivity contribution is -0.140. The van der Waals surface area contributed by atoms with Crippen molar-refractivity contribution in [2.24, 2.45) is 9.98 Å². The van der Waals surface area contributed by atoms with E-state index in [4.69, 9.17) is 58.2 Å². The fraction of sp³-hybridized carbons (Fsp3) is 0.333. The first-order chi connectivity index (χ1) is 23.1. The van der Waals surface area contributed by atoms with E-state index in [1.807, 2.05) is 0 Å². The number of aromatic nitrogens is 1. The van der Waals surface area contributed by atoms with E-state index in [0.29, 0.717) is 21.2 Å². The van der Waals surface area contributed by atoms with Crippen molar-refractivity contribution >= 4 is 63.1 Å². The molecule has 49 heavy (non-hydrogen) atoms. The summed E-state index contributed by atoms with van der Waals surface area (Å²) in [4.78, 5) is 15.5. The van der Waals surface area contributed by atoms with Gasteiger partial charge in [-0.2, -0.15) is 31.6 Å². The van der Waals surface area contributed by atoms with Crippen molar-refractivity contribution in [2.45, 2.75) is 50.0 Å². The van der Waals surface area contributed by atoms with Crippen LogP contribution in [0.3, 0.4) is 0 Å². The number of allylic oxidation sites excluding steroid dienone is 1.